The first-order valence-electron chi connectivity index (χ1n) is 5.51. The van der Waals surface area contributed by atoms with Crippen molar-refractivity contribution in [2.24, 2.45) is 0 Å². The Morgan fingerprint density at radius 1 is 1.47 bits per heavy atom. The fourth-order valence-electron chi connectivity index (χ4n) is 1.35. The first-order valence-corrected chi connectivity index (χ1v) is 7.09. The minimum absolute atomic E-state index is 0.0492. The summed E-state index contributed by atoms with van der Waals surface area (Å²) in [5, 5.41) is 2.60. The van der Waals surface area contributed by atoms with Gasteiger partial charge in [-0.1, -0.05) is 0 Å². The van der Waals surface area contributed by atoms with Gasteiger partial charge in [0.1, 0.15) is 5.69 Å². The lowest BCUT2D eigenvalue weighted by Gasteiger charge is -2.14. The topological polar surface area (TPSA) is 80.4 Å². The van der Waals surface area contributed by atoms with E-state index in [0.717, 1.165) is 4.47 Å². The predicted octanol–water partition coefficient (Wildman–Crippen LogP) is 1.85. The van der Waals surface area contributed by atoms with E-state index in [0.29, 0.717) is 16.9 Å². The zero-order chi connectivity index (χ0) is 14.4. The summed E-state index contributed by atoms with van der Waals surface area (Å²) in [6.45, 7) is 2.17. The highest BCUT2D eigenvalue weighted by Gasteiger charge is 2.21. The number of carbonyl (C=O) groups is 2. The molecule has 0 aromatic carbocycles. The van der Waals surface area contributed by atoms with Crippen LogP contribution in [-0.4, -0.2) is 43.2 Å². The number of methoxy groups -OCH3 is 1. The summed E-state index contributed by atoms with van der Waals surface area (Å²) in [4.78, 5) is 26.1. The molecule has 1 aromatic heterocycles. The normalized spacial score (nSPS) is 12.0. The first-order chi connectivity index (χ1) is 8.99. The van der Waals surface area contributed by atoms with Crippen LogP contribution in [0.15, 0.2) is 15.1 Å². The molecule has 2 N–H and O–H groups in total. The second-order valence-corrected chi connectivity index (χ2v) is 5.17. The first kappa shape index (κ1) is 16.2. The molecular weight excluding hydrogens is 384 g/mol. The molecule has 0 fully saturated rings. The van der Waals surface area contributed by atoms with Crippen molar-refractivity contribution >= 4 is 43.7 Å². The zero-order valence-corrected chi connectivity index (χ0v) is 13.6. The Kier molecular flexibility index (Phi) is 6.53. The van der Waals surface area contributed by atoms with Crippen LogP contribution in [-0.2, 0) is 14.3 Å². The van der Waals surface area contributed by atoms with E-state index in [1.165, 1.54) is 7.11 Å². The molecule has 0 bridgehead atoms. The average Bonchev–Trinajstić information content (AvgIpc) is 2.73. The Labute approximate surface area is 127 Å². The van der Waals surface area contributed by atoms with Gasteiger partial charge in [-0.15, -0.1) is 0 Å². The van der Waals surface area contributed by atoms with E-state index in [2.05, 4.69) is 46.9 Å². The summed E-state index contributed by atoms with van der Waals surface area (Å²) < 4.78 is 11.2. The lowest BCUT2D eigenvalue weighted by Crippen LogP contribution is -2.39. The number of H-pyrrole nitrogens is 1. The van der Waals surface area contributed by atoms with Crippen LogP contribution in [0.3, 0.4) is 0 Å². The minimum Gasteiger partial charge on any atom is -0.467 e. The van der Waals surface area contributed by atoms with Gasteiger partial charge >= 0.3 is 5.97 Å². The van der Waals surface area contributed by atoms with E-state index >= 15 is 0 Å². The zero-order valence-electron chi connectivity index (χ0n) is 10.5. The lowest BCUT2D eigenvalue weighted by atomic mass is 10.3. The van der Waals surface area contributed by atoms with Gasteiger partial charge in [0.25, 0.3) is 5.91 Å². The second-order valence-electron chi connectivity index (χ2n) is 3.52. The number of nitrogens with one attached hydrogen (secondary N) is 2. The highest BCUT2D eigenvalue weighted by Crippen LogP contribution is 2.22. The number of esters is 1. The number of amides is 1. The number of aromatic nitrogens is 1. The molecule has 6 nitrogen and oxygen atoms in total. The predicted molar refractivity (Wildman–Crippen MR) is 76.0 cm³/mol. The van der Waals surface area contributed by atoms with Crippen molar-refractivity contribution in [3.05, 3.63) is 20.8 Å². The smallest absolute Gasteiger partial charge is 0.336 e. The molecule has 1 heterocycles. The minimum atomic E-state index is -0.805. The molecule has 0 radical (unpaired) electrons. The van der Waals surface area contributed by atoms with Crippen LogP contribution < -0.4 is 5.32 Å². The molecule has 0 aliphatic carbocycles. The Hall–Kier alpha value is -0.860. The van der Waals surface area contributed by atoms with Crippen LogP contribution >= 0.6 is 31.9 Å². The fraction of sp³-hybridized carbons (Fsp3) is 0.455. The number of carbonyl (C=O) groups excluding carboxylic acids is 2. The van der Waals surface area contributed by atoms with Crippen molar-refractivity contribution in [2.75, 3.05) is 20.3 Å². The van der Waals surface area contributed by atoms with E-state index in [-0.39, 0.29) is 12.5 Å². The summed E-state index contributed by atoms with van der Waals surface area (Å²) in [6, 6.07) is 1.63. The van der Waals surface area contributed by atoms with Crippen LogP contribution in [0.2, 0.25) is 0 Å². The lowest BCUT2D eigenvalue weighted by molar-refractivity contribution is -0.153. The molecule has 0 saturated carbocycles. The molecule has 106 valence electrons. The number of rotatable bonds is 6. The number of hydrogen-bond donors (Lipinski definition) is 2. The van der Waals surface area contributed by atoms with E-state index in [9.17, 15) is 9.59 Å². The molecule has 8 heteroatoms. The van der Waals surface area contributed by atoms with Crippen LogP contribution in [0.1, 0.15) is 17.4 Å². The maximum atomic E-state index is 11.8. The monoisotopic (exact) mass is 396 g/mol. The number of ether oxygens (including phenoxy) is 2. The third-order valence-electron chi connectivity index (χ3n) is 2.25. The van der Waals surface area contributed by atoms with Gasteiger partial charge in [-0.05, 0) is 44.8 Å². The Morgan fingerprint density at radius 2 is 2.16 bits per heavy atom. The molecule has 19 heavy (non-hydrogen) atoms. The van der Waals surface area contributed by atoms with Crippen molar-refractivity contribution < 1.29 is 19.1 Å². The molecular formula is C11H14Br2N2O4. The highest BCUT2D eigenvalue weighted by atomic mass is 79.9. The quantitative estimate of drug-likeness (QED) is 0.718. The Morgan fingerprint density at radius 3 is 2.63 bits per heavy atom. The number of halogens is 2. The Bertz CT molecular complexity index is 442. The van der Waals surface area contributed by atoms with Crippen molar-refractivity contribution in [1.29, 1.82) is 0 Å². The third-order valence-corrected chi connectivity index (χ3v) is 4.03. The standard InChI is InChI=1S/C11H14Br2N2O4/c1-3-19-8(11(17)18-2)5-14-10(16)7-4-6(12)9(13)15-7/h4,8,15H,3,5H2,1-2H3,(H,14,16)/t8-/m0/s1. The molecule has 1 amide bonds. The Balaban J connectivity index is 2.58. The fourth-order valence-corrected chi connectivity index (χ4v) is 2.01. The van der Waals surface area contributed by atoms with Gasteiger partial charge in [-0.25, -0.2) is 4.79 Å². The van der Waals surface area contributed by atoms with Crippen molar-refractivity contribution in [3.8, 4) is 0 Å². The molecule has 1 rings (SSSR count). The van der Waals surface area contributed by atoms with Gasteiger partial charge in [-0.3, -0.25) is 4.79 Å². The third kappa shape index (κ3) is 4.63. The van der Waals surface area contributed by atoms with E-state index < -0.39 is 12.1 Å². The highest BCUT2D eigenvalue weighted by molar-refractivity contribution is 9.13. The molecule has 0 aliphatic heterocycles. The summed E-state index contributed by atoms with van der Waals surface area (Å²) in [7, 11) is 1.27. The van der Waals surface area contributed by atoms with Gasteiger partial charge in [0.05, 0.1) is 22.7 Å². The molecule has 1 aromatic rings. The number of hydrogen-bond acceptors (Lipinski definition) is 4. The van der Waals surface area contributed by atoms with Gasteiger partial charge < -0.3 is 19.8 Å². The molecule has 0 aliphatic rings. The van der Waals surface area contributed by atoms with Crippen molar-refractivity contribution in [3.63, 3.8) is 0 Å². The summed E-state index contributed by atoms with van der Waals surface area (Å²) in [6.07, 6.45) is -0.805. The van der Waals surface area contributed by atoms with Crippen molar-refractivity contribution in [2.45, 2.75) is 13.0 Å². The molecule has 0 unspecified atom stereocenters. The summed E-state index contributed by atoms with van der Waals surface area (Å²) in [5.41, 5.74) is 0.374. The van der Waals surface area contributed by atoms with Gasteiger partial charge in [0.2, 0.25) is 0 Å². The van der Waals surface area contributed by atoms with Gasteiger partial charge in [-0.2, -0.15) is 0 Å². The summed E-state index contributed by atoms with van der Waals surface area (Å²) >= 11 is 6.51. The summed E-state index contributed by atoms with van der Waals surface area (Å²) in [5.74, 6) is -0.851. The number of aromatic amines is 1. The van der Waals surface area contributed by atoms with E-state index in [1.54, 1.807) is 13.0 Å². The van der Waals surface area contributed by atoms with Crippen LogP contribution in [0.5, 0.6) is 0 Å². The van der Waals surface area contributed by atoms with E-state index in [4.69, 9.17) is 4.74 Å². The molecule has 1 atom stereocenters. The molecule has 0 spiro atoms. The largest absolute Gasteiger partial charge is 0.467 e. The van der Waals surface area contributed by atoms with E-state index in [1.807, 2.05) is 0 Å². The second kappa shape index (κ2) is 7.66. The van der Waals surface area contributed by atoms with Gasteiger partial charge in [0, 0.05) is 6.61 Å². The maximum Gasteiger partial charge on any atom is 0.336 e. The molecule has 0 saturated heterocycles. The SMILES string of the molecule is CCO[C@@H](CNC(=O)c1cc(Br)c(Br)[nH]1)C(=O)OC. The maximum absolute atomic E-state index is 11.8. The van der Waals surface area contributed by atoms with Crippen molar-refractivity contribution in [1.82, 2.24) is 10.3 Å². The van der Waals surface area contributed by atoms with Crippen LogP contribution in [0.25, 0.3) is 0 Å². The van der Waals surface area contributed by atoms with Gasteiger partial charge in [0.15, 0.2) is 6.10 Å². The van der Waals surface area contributed by atoms with Crippen LogP contribution in [0, 0.1) is 0 Å². The van der Waals surface area contributed by atoms with Crippen LogP contribution in [0.4, 0.5) is 0 Å². The average molecular weight is 398 g/mol.